The van der Waals surface area contributed by atoms with Gasteiger partial charge in [0.25, 0.3) is 0 Å². The van der Waals surface area contributed by atoms with Crippen molar-refractivity contribution < 1.29 is 0 Å². The molecule has 0 heterocycles. The molecule has 0 bridgehead atoms. The van der Waals surface area contributed by atoms with Crippen molar-refractivity contribution in [1.82, 2.24) is 4.90 Å². The summed E-state index contributed by atoms with van der Waals surface area (Å²) in [6.07, 6.45) is 0. The van der Waals surface area contributed by atoms with Gasteiger partial charge in [0.1, 0.15) is 0 Å². The predicted octanol–water partition coefficient (Wildman–Crippen LogP) is 1.89. The van der Waals surface area contributed by atoms with Crippen molar-refractivity contribution in [3.8, 4) is 6.07 Å². The number of nitriles is 1. The van der Waals surface area contributed by atoms with E-state index in [-0.39, 0.29) is 0 Å². The van der Waals surface area contributed by atoms with Gasteiger partial charge in [0.15, 0.2) is 0 Å². The molecular formula is C13H20N4. The Balaban J connectivity index is 2.50. The maximum Gasteiger partial charge on any atom is 0.0992 e. The third-order valence-corrected chi connectivity index (χ3v) is 2.82. The highest BCUT2D eigenvalue weighted by Gasteiger charge is 2.01. The number of benzene rings is 1. The Hall–Kier alpha value is -1.73. The first kappa shape index (κ1) is 13.3. The Morgan fingerprint density at radius 1 is 1.35 bits per heavy atom. The standard InChI is InChI=1S/C13H20N4/c1-3-17(4-2)8-7-16-13-6-5-11(10-14)9-12(13)15/h5-6,9,16H,3-4,7-8,15H2,1-2H3. The number of nitrogens with zero attached hydrogens (tertiary/aromatic N) is 2. The smallest absolute Gasteiger partial charge is 0.0992 e. The van der Waals surface area contributed by atoms with E-state index in [0.717, 1.165) is 31.9 Å². The van der Waals surface area contributed by atoms with Gasteiger partial charge in [-0.2, -0.15) is 5.26 Å². The first-order valence-corrected chi connectivity index (χ1v) is 5.97. The van der Waals surface area contributed by atoms with Crippen LogP contribution in [-0.2, 0) is 0 Å². The molecule has 0 amide bonds. The normalized spacial score (nSPS) is 10.2. The number of nitrogens with two attached hydrogens (primary N) is 1. The summed E-state index contributed by atoms with van der Waals surface area (Å²) in [4.78, 5) is 2.34. The zero-order chi connectivity index (χ0) is 12.7. The third-order valence-electron chi connectivity index (χ3n) is 2.82. The van der Waals surface area contributed by atoms with Crippen molar-refractivity contribution in [3.05, 3.63) is 23.8 Å². The van der Waals surface area contributed by atoms with Crippen molar-refractivity contribution >= 4 is 11.4 Å². The van der Waals surface area contributed by atoms with Gasteiger partial charge in [-0.3, -0.25) is 0 Å². The summed E-state index contributed by atoms with van der Waals surface area (Å²) in [5.41, 5.74) is 7.97. The lowest BCUT2D eigenvalue weighted by molar-refractivity contribution is 0.316. The van der Waals surface area contributed by atoms with Gasteiger partial charge in [-0.15, -0.1) is 0 Å². The van der Waals surface area contributed by atoms with Crippen LogP contribution >= 0.6 is 0 Å². The number of anilines is 2. The fraction of sp³-hybridized carbons (Fsp3) is 0.462. The Morgan fingerprint density at radius 3 is 2.59 bits per heavy atom. The van der Waals surface area contributed by atoms with Crippen LogP contribution in [0.4, 0.5) is 11.4 Å². The van der Waals surface area contributed by atoms with Gasteiger partial charge in [-0.05, 0) is 31.3 Å². The van der Waals surface area contributed by atoms with E-state index in [0.29, 0.717) is 11.3 Å². The molecule has 0 fully saturated rings. The van der Waals surface area contributed by atoms with E-state index in [1.807, 2.05) is 6.07 Å². The first-order valence-electron chi connectivity index (χ1n) is 5.97. The van der Waals surface area contributed by atoms with E-state index in [2.05, 4.69) is 30.1 Å². The lowest BCUT2D eigenvalue weighted by atomic mass is 10.2. The maximum absolute atomic E-state index is 8.73. The fourth-order valence-electron chi connectivity index (χ4n) is 1.68. The molecule has 1 aromatic carbocycles. The molecule has 0 aliphatic carbocycles. The number of hydrogen-bond acceptors (Lipinski definition) is 4. The van der Waals surface area contributed by atoms with E-state index in [1.165, 1.54) is 0 Å². The van der Waals surface area contributed by atoms with Crippen LogP contribution in [-0.4, -0.2) is 31.1 Å². The van der Waals surface area contributed by atoms with Gasteiger partial charge in [0, 0.05) is 13.1 Å². The number of hydrogen-bond donors (Lipinski definition) is 2. The lowest BCUT2D eigenvalue weighted by Crippen LogP contribution is -2.28. The lowest BCUT2D eigenvalue weighted by Gasteiger charge is -2.18. The Labute approximate surface area is 103 Å². The van der Waals surface area contributed by atoms with Crippen LogP contribution in [0.2, 0.25) is 0 Å². The zero-order valence-electron chi connectivity index (χ0n) is 10.5. The van der Waals surface area contributed by atoms with Crippen molar-refractivity contribution in [2.45, 2.75) is 13.8 Å². The van der Waals surface area contributed by atoms with Crippen molar-refractivity contribution in [2.75, 3.05) is 37.2 Å². The predicted molar refractivity (Wildman–Crippen MR) is 71.8 cm³/mol. The van der Waals surface area contributed by atoms with E-state index in [1.54, 1.807) is 12.1 Å². The molecule has 17 heavy (non-hydrogen) atoms. The fourth-order valence-corrected chi connectivity index (χ4v) is 1.68. The molecule has 0 radical (unpaired) electrons. The average Bonchev–Trinajstić information content (AvgIpc) is 2.36. The Morgan fingerprint density at radius 2 is 2.06 bits per heavy atom. The molecule has 4 nitrogen and oxygen atoms in total. The Bertz CT molecular complexity index is 391. The second kappa shape index (κ2) is 6.77. The third kappa shape index (κ3) is 3.97. The molecule has 0 aliphatic heterocycles. The minimum absolute atomic E-state index is 0.594. The maximum atomic E-state index is 8.73. The molecule has 0 atom stereocenters. The summed E-state index contributed by atoms with van der Waals surface area (Å²) in [7, 11) is 0. The summed E-state index contributed by atoms with van der Waals surface area (Å²) in [6, 6.07) is 7.40. The highest BCUT2D eigenvalue weighted by Crippen LogP contribution is 2.18. The molecule has 0 saturated carbocycles. The summed E-state index contributed by atoms with van der Waals surface area (Å²) in [5.74, 6) is 0. The van der Waals surface area contributed by atoms with E-state index >= 15 is 0 Å². The number of nitrogens with one attached hydrogen (secondary N) is 1. The van der Waals surface area contributed by atoms with Crippen LogP contribution in [0.3, 0.4) is 0 Å². The summed E-state index contributed by atoms with van der Waals surface area (Å²) in [5, 5.41) is 12.0. The van der Waals surface area contributed by atoms with Crippen LogP contribution in [0.1, 0.15) is 19.4 Å². The second-order valence-corrected chi connectivity index (χ2v) is 3.87. The molecule has 4 heteroatoms. The van der Waals surface area contributed by atoms with Gasteiger partial charge in [0.05, 0.1) is 23.0 Å². The van der Waals surface area contributed by atoms with Crippen LogP contribution in [0.5, 0.6) is 0 Å². The van der Waals surface area contributed by atoms with E-state index < -0.39 is 0 Å². The monoisotopic (exact) mass is 232 g/mol. The molecule has 1 rings (SSSR count). The largest absolute Gasteiger partial charge is 0.397 e. The summed E-state index contributed by atoms with van der Waals surface area (Å²) in [6.45, 7) is 8.27. The van der Waals surface area contributed by atoms with Crippen LogP contribution in [0, 0.1) is 11.3 Å². The van der Waals surface area contributed by atoms with Crippen LogP contribution < -0.4 is 11.1 Å². The molecule has 0 spiro atoms. The van der Waals surface area contributed by atoms with Crippen molar-refractivity contribution in [1.29, 1.82) is 5.26 Å². The number of rotatable bonds is 6. The molecule has 0 aliphatic rings. The number of nitrogen functional groups attached to an aromatic ring is 1. The Kier molecular flexibility index (Phi) is 5.31. The van der Waals surface area contributed by atoms with E-state index in [9.17, 15) is 0 Å². The van der Waals surface area contributed by atoms with Crippen LogP contribution in [0.15, 0.2) is 18.2 Å². The van der Waals surface area contributed by atoms with Crippen molar-refractivity contribution in [2.24, 2.45) is 0 Å². The van der Waals surface area contributed by atoms with Gasteiger partial charge in [-0.1, -0.05) is 13.8 Å². The highest BCUT2D eigenvalue weighted by molar-refractivity contribution is 5.68. The first-order chi connectivity index (χ1) is 8.21. The summed E-state index contributed by atoms with van der Waals surface area (Å²) >= 11 is 0. The average molecular weight is 232 g/mol. The van der Waals surface area contributed by atoms with Gasteiger partial charge < -0.3 is 16.0 Å². The minimum atomic E-state index is 0.594. The molecule has 92 valence electrons. The molecule has 1 aromatic rings. The molecular weight excluding hydrogens is 212 g/mol. The zero-order valence-corrected chi connectivity index (χ0v) is 10.5. The second-order valence-electron chi connectivity index (χ2n) is 3.87. The quantitative estimate of drug-likeness (QED) is 0.735. The molecule has 0 aromatic heterocycles. The topological polar surface area (TPSA) is 65.1 Å². The SMILES string of the molecule is CCN(CC)CCNc1ccc(C#N)cc1N. The number of likely N-dealkylation sites (N-methyl/N-ethyl adjacent to an activating group) is 1. The molecule has 0 unspecified atom stereocenters. The summed E-state index contributed by atoms with van der Waals surface area (Å²) < 4.78 is 0. The highest BCUT2D eigenvalue weighted by atomic mass is 15.1. The minimum Gasteiger partial charge on any atom is -0.397 e. The van der Waals surface area contributed by atoms with Crippen LogP contribution in [0.25, 0.3) is 0 Å². The molecule has 3 N–H and O–H groups in total. The van der Waals surface area contributed by atoms with Gasteiger partial charge >= 0.3 is 0 Å². The van der Waals surface area contributed by atoms with Crippen molar-refractivity contribution in [3.63, 3.8) is 0 Å². The van der Waals surface area contributed by atoms with E-state index in [4.69, 9.17) is 11.0 Å². The molecule has 0 saturated heterocycles. The van der Waals surface area contributed by atoms with Gasteiger partial charge in [-0.25, -0.2) is 0 Å². The van der Waals surface area contributed by atoms with Gasteiger partial charge in [0.2, 0.25) is 0 Å².